The molecule has 0 saturated carbocycles. The summed E-state index contributed by atoms with van der Waals surface area (Å²) in [5.74, 6) is 0. The lowest BCUT2D eigenvalue weighted by Gasteiger charge is -2.41. The van der Waals surface area contributed by atoms with Crippen molar-refractivity contribution < 1.29 is 0 Å². The zero-order chi connectivity index (χ0) is 9.31. The summed E-state index contributed by atoms with van der Waals surface area (Å²) >= 11 is 0. The SMILES string of the molecule is CC1(C)CN(C2CCNC2)CCN1. The van der Waals surface area contributed by atoms with Crippen LogP contribution < -0.4 is 10.6 Å². The molecule has 0 aromatic heterocycles. The second-order valence-corrected chi connectivity index (χ2v) is 4.93. The van der Waals surface area contributed by atoms with E-state index in [9.17, 15) is 0 Å². The van der Waals surface area contributed by atoms with Crippen LogP contribution in [0.15, 0.2) is 0 Å². The summed E-state index contributed by atoms with van der Waals surface area (Å²) in [6.45, 7) is 10.5. The van der Waals surface area contributed by atoms with Crippen LogP contribution in [0.4, 0.5) is 0 Å². The Morgan fingerprint density at radius 1 is 1.31 bits per heavy atom. The summed E-state index contributed by atoms with van der Waals surface area (Å²) < 4.78 is 0. The van der Waals surface area contributed by atoms with Crippen LogP contribution in [0.5, 0.6) is 0 Å². The molecule has 1 unspecified atom stereocenters. The lowest BCUT2D eigenvalue weighted by atomic mass is 10.0. The fourth-order valence-electron chi connectivity index (χ4n) is 2.44. The largest absolute Gasteiger partial charge is 0.315 e. The maximum Gasteiger partial charge on any atom is 0.0252 e. The fourth-order valence-corrected chi connectivity index (χ4v) is 2.44. The Balaban J connectivity index is 1.91. The minimum atomic E-state index is 0.306. The lowest BCUT2D eigenvalue weighted by molar-refractivity contribution is 0.117. The number of hydrogen-bond donors (Lipinski definition) is 2. The van der Waals surface area contributed by atoms with Crippen molar-refractivity contribution >= 4 is 0 Å². The Labute approximate surface area is 80.9 Å². The quantitative estimate of drug-likeness (QED) is 0.601. The Kier molecular flexibility index (Phi) is 2.58. The molecule has 0 spiro atoms. The van der Waals surface area contributed by atoms with Gasteiger partial charge in [-0.25, -0.2) is 0 Å². The first-order chi connectivity index (χ1) is 6.17. The number of nitrogens with zero attached hydrogens (tertiary/aromatic N) is 1. The first-order valence-corrected chi connectivity index (χ1v) is 5.37. The van der Waals surface area contributed by atoms with Gasteiger partial charge in [-0.3, -0.25) is 4.90 Å². The van der Waals surface area contributed by atoms with Crippen LogP contribution in [-0.4, -0.2) is 49.2 Å². The first-order valence-electron chi connectivity index (χ1n) is 5.37. The van der Waals surface area contributed by atoms with Gasteiger partial charge < -0.3 is 10.6 Å². The third-order valence-corrected chi connectivity index (χ3v) is 3.15. The smallest absolute Gasteiger partial charge is 0.0252 e. The molecule has 2 rings (SSSR count). The molecule has 1 atom stereocenters. The standard InChI is InChI=1S/C10H21N3/c1-10(2)8-13(6-5-12-10)9-3-4-11-7-9/h9,11-12H,3-8H2,1-2H3. The zero-order valence-corrected chi connectivity index (χ0v) is 8.77. The van der Waals surface area contributed by atoms with Crippen LogP contribution in [0.25, 0.3) is 0 Å². The highest BCUT2D eigenvalue weighted by Gasteiger charge is 2.30. The van der Waals surface area contributed by atoms with E-state index in [4.69, 9.17) is 0 Å². The fraction of sp³-hybridized carbons (Fsp3) is 1.00. The predicted molar refractivity (Wildman–Crippen MR) is 54.9 cm³/mol. The van der Waals surface area contributed by atoms with Crippen LogP contribution in [0.3, 0.4) is 0 Å². The van der Waals surface area contributed by atoms with E-state index >= 15 is 0 Å². The Morgan fingerprint density at radius 2 is 2.15 bits per heavy atom. The molecule has 2 saturated heterocycles. The maximum atomic E-state index is 3.55. The molecule has 76 valence electrons. The third kappa shape index (κ3) is 2.22. The molecule has 0 radical (unpaired) electrons. The molecule has 0 aromatic rings. The molecular weight excluding hydrogens is 162 g/mol. The second-order valence-electron chi connectivity index (χ2n) is 4.93. The van der Waals surface area contributed by atoms with Gasteiger partial charge in [0.25, 0.3) is 0 Å². The van der Waals surface area contributed by atoms with Gasteiger partial charge in [0, 0.05) is 37.8 Å². The molecule has 0 bridgehead atoms. The van der Waals surface area contributed by atoms with E-state index in [0.29, 0.717) is 5.54 Å². The molecule has 2 aliphatic heterocycles. The molecule has 2 aliphatic rings. The molecule has 0 aliphatic carbocycles. The normalized spacial score (nSPS) is 35.1. The van der Waals surface area contributed by atoms with Crippen molar-refractivity contribution in [2.24, 2.45) is 0 Å². The summed E-state index contributed by atoms with van der Waals surface area (Å²) in [4.78, 5) is 2.64. The van der Waals surface area contributed by atoms with Gasteiger partial charge in [-0.2, -0.15) is 0 Å². The topological polar surface area (TPSA) is 27.3 Å². The number of nitrogens with one attached hydrogen (secondary N) is 2. The Morgan fingerprint density at radius 3 is 2.77 bits per heavy atom. The molecule has 2 heterocycles. The minimum Gasteiger partial charge on any atom is -0.315 e. The zero-order valence-electron chi connectivity index (χ0n) is 8.77. The van der Waals surface area contributed by atoms with Crippen molar-refractivity contribution in [3.05, 3.63) is 0 Å². The van der Waals surface area contributed by atoms with Crippen LogP contribution >= 0.6 is 0 Å². The van der Waals surface area contributed by atoms with Gasteiger partial charge in [-0.15, -0.1) is 0 Å². The molecule has 0 aromatic carbocycles. The van der Waals surface area contributed by atoms with E-state index in [1.807, 2.05) is 0 Å². The Bertz CT molecular complexity index is 173. The number of hydrogen-bond acceptors (Lipinski definition) is 3. The highest BCUT2D eigenvalue weighted by molar-refractivity contribution is 4.91. The van der Waals surface area contributed by atoms with Gasteiger partial charge in [0.15, 0.2) is 0 Å². The number of rotatable bonds is 1. The van der Waals surface area contributed by atoms with E-state index in [1.54, 1.807) is 0 Å². The number of piperazine rings is 1. The molecule has 2 N–H and O–H groups in total. The van der Waals surface area contributed by atoms with Crippen LogP contribution in [0.1, 0.15) is 20.3 Å². The lowest BCUT2D eigenvalue weighted by Crippen LogP contribution is -2.59. The highest BCUT2D eigenvalue weighted by atomic mass is 15.3. The van der Waals surface area contributed by atoms with Crippen molar-refractivity contribution in [2.75, 3.05) is 32.7 Å². The van der Waals surface area contributed by atoms with Crippen molar-refractivity contribution in [3.63, 3.8) is 0 Å². The van der Waals surface area contributed by atoms with Crippen LogP contribution in [0.2, 0.25) is 0 Å². The van der Waals surface area contributed by atoms with E-state index in [1.165, 1.54) is 32.6 Å². The van der Waals surface area contributed by atoms with Gasteiger partial charge in [-0.05, 0) is 26.8 Å². The summed E-state index contributed by atoms with van der Waals surface area (Å²) in [6, 6.07) is 0.793. The first kappa shape index (κ1) is 9.44. The molecule has 2 fully saturated rings. The predicted octanol–water partition coefficient (Wildman–Crippen LogP) is 0.0321. The summed E-state index contributed by atoms with van der Waals surface area (Å²) in [6.07, 6.45) is 1.33. The average Bonchev–Trinajstić information content (AvgIpc) is 2.53. The second kappa shape index (κ2) is 3.56. The maximum absolute atomic E-state index is 3.55. The molecule has 13 heavy (non-hydrogen) atoms. The van der Waals surface area contributed by atoms with Gasteiger partial charge in [-0.1, -0.05) is 0 Å². The van der Waals surface area contributed by atoms with Crippen molar-refractivity contribution in [2.45, 2.75) is 31.8 Å². The molecule has 3 heteroatoms. The third-order valence-electron chi connectivity index (χ3n) is 3.15. The summed E-state index contributed by atoms with van der Waals surface area (Å²) in [5, 5.41) is 6.98. The highest BCUT2D eigenvalue weighted by Crippen LogP contribution is 2.16. The van der Waals surface area contributed by atoms with E-state index in [0.717, 1.165) is 12.6 Å². The van der Waals surface area contributed by atoms with Gasteiger partial charge >= 0.3 is 0 Å². The van der Waals surface area contributed by atoms with E-state index in [-0.39, 0.29) is 0 Å². The van der Waals surface area contributed by atoms with Gasteiger partial charge in [0.05, 0.1) is 0 Å². The summed E-state index contributed by atoms with van der Waals surface area (Å²) in [5.41, 5.74) is 0.306. The monoisotopic (exact) mass is 183 g/mol. The Hall–Kier alpha value is -0.120. The van der Waals surface area contributed by atoms with Crippen LogP contribution in [0, 0.1) is 0 Å². The van der Waals surface area contributed by atoms with E-state index in [2.05, 4.69) is 29.4 Å². The van der Waals surface area contributed by atoms with Gasteiger partial charge in [0.2, 0.25) is 0 Å². The van der Waals surface area contributed by atoms with E-state index < -0.39 is 0 Å². The van der Waals surface area contributed by atoms with Crippen molar-refractivity contribution in [3.8, 4) is 0 Å². The van der Waals surface area contributed by atoms with Gasteiger partial charge in [0.1, 0.15) is 0 Å². The minimum absolute atomic E-state index is 0.306. The molecule has 3 nitrogen and oxygen atoms in total. The molecule has 0 amide bonds. The summed E-state index contributed by atoms with van der Waals surface area (Å²) in [7, 11) is 0. The van der Waals surface area contributed by atoms with Crippen molar-refractivity contribution in [1.82, 2.24) is 15.5 Å². The average molecular weight is 183 g/mol. The van der Waals surface area contributed by atoms with Crippen molar-refractivity contribution in [1.29, 1.82) is 0 Å². The molecular formula is C10H21N3. The van der Waals surface area contributed by atoms with Crippen LogP contribution in [-0.2, 0) is 0 Å².